The molecule has 2 saturated heterocycles. The summed E-state index contributed by atoms with van der Waals surface area (Å²) in [7, 11) is 0. The van der Waals surface area contributed by atoms with Gasteiger partial charge in [0.1, 0.15) is 0 Å². The van der Waals surface area contributed by atoms with Crippen LogP contribution in [0.5, 0.6) is 0 Å². The van der Waals surface area contributed by atoms with Crippen LogP contribution in [0.25, 0.3) is 0 Å². The molecule has 0 radical (unpaired) electrons. The third kappa shape index (κ3) is 4.54. The molecule has 3 nitrogen and oxygen atoms in total. The monoisotopic (exact) mass is 372 g/mol. The number of benzene rings is 2. The van der Waals surface area contributed by atoms with Crippen molar-refractivity contribution in [3.05, 3.63) is 71.3 Å². The zero-order chi connectivity index (χ0) is 18.6. The van der Waals surface area contributed by atoms with Crippen LogP contribution in [0.3, 0.4) is 0 Å². The molecule has 0 aromatic heterocycles. The average Bonchev–Trinajstić information content (AvgIpc) is 2.87. The molecular formula is C22H26F2N2O. The minimum Gasteiger partial charge on any atom is -0.380 e. The van der Waals surface area contributed by atoms with E-state index < -0.39 is 11.6 Å². The first-order valence-electron chi connectivity index (χ1n) is 9.71. The molecule has 4 rings (SSSR count). The van der Waals surface area contributed by atoms with Crippen molar-refractivity contribution < 1.29 is 13.5 Å². The normalized spacial score (nSPS) is 24.4. The van der Waals surface area contributed by atoms with Gasteiger partial charge in [-0.1, -0.05) is 36.4 Å². The number of ether oxygens (including phenoxy) is 1. The van der Waals surface area contributed by atoms with Crippen molar-refractivity contribution in [1.29, 1.82) is 0 Å². The second kappa shape index (κ2) is 8.46. The summed E-state index contributed by atoms with van der Waals surface area (Å²) in [6.07, 6.45) is 1.07. The smallest absolute Gasteiger partial charge is 0.159 e. The maximum Gasteiger partial charge on any atom is 0.159 e. The van der Waals surface area contributed by atoms with Gasteiger partial charge in [0.05, 0.1) is 13.2 Å². The number of rotatable bonds is 4. The maximum atomic E-state index is 13.5. The lowest BCUT2D eigenvalue weighted by Gasteiger charge is -2.42. The summed E-state index contributed by atoms with van der Waals surface area (Å²) in [5, 5.41) is 0. The molecule has 2 aliphatic rings. The molecule has 0 spiro atoms. The molecule has 0 N–H and O–H groups in total. The minimum absolute atomic E-state index is 0.440. The highest BCUT2D eigenvalue weighted by Gasteiger charge is 2.35. The van der Waals surface area contributed by atoms with Crippen molar-refractivity contribution in [3.63, 3.8) is 0 Å². The number of likely N-dealkylation sites (tertiary alicyclic amines) is 1. The Balaban J connectivity index is 1.41. The van der Waals surface area contributed by atoms with Gasteiger partial charge in [-0.25, -0.2) is 8.78 Å². The van der Waals surface area contributed by atoms with E-state index in [0.29, 0.717) is 18.5 Å². The van der Waals surface area contributed by atoms with Gasteiger partial charge in [0.25, 0.3) is 0 Å². The van der Waals surface area contributed by atoms with E-state index in [4.69, 9.17) is 4.74 Å². The van der Waals surface area contributed by atoms with Gasteiger partial charge in [0, 0.05) is 38.1 Å². The second-order valence-electron chi connectivity index (χ2n) is 7.63. The average molecular weight is 372 g/mol. The Morgan fingerprint density at radius 3 is 2.59 bits per heavy atom. The summed E-state index contributed by atoms with van der Waals surface area (Å²) in [5.41, 5.74) is 2.16. The first-order valence-corrected chi connectivity index (χ1v) is 9.71. The highest BCUT2D eigenvalue weighted by molar-refractivity contribution is 5.18. The minimum atomic E-state index is -0.786. The van der Waals surface area contributed by atoms with E-state index in [1.807, 2.05) is 0 Å². The molecule has 2 heterocycles. The number of hydrogen-bond donors (Lipinski definition) is 0. The summed E-state index contributed by atoms with van der Waals surface area (Å²) in [4.78, 5) is 4.89. The SMILES string of the molecule is Fc1ccc(CN2CC[C@@H]3[C@@H](COCCN3Cc3ccccc3)C2)cc1F. The van der Waals surface area contributed by atoms with E-state index in [2.05, 4.69) is 40.1 Å². The van der Waals surface area contributed by atoms with E-state index in [1.165, 1.54) is 17.7 Å². The molecule has 0 aliphatic carbocycles. The number of fused-ring (bicyclic) bond motifs is 1. The number of piperidine rings is 1. The molecule has 2 atom stereocenters. The number of hydrogen-bond acceptors (Lipinski definition) is 3. The predicted molar refractivity (Wildman–Crippen MR) is 101 cm³/mol. The lowest BCUT2D eigenvalue weighted by molar-refractivity contribution is 0.0439. The highest BCUT2D eigenvalue weighted by Crippen LogP contribution is 2.27. The van der Waals surface area contributed by atoms with Crippen LogP contribution in [0.2, 0.25) is 0 Å². The van der Waals surface area contributed by atoms with Gasteiger partial charge in [-0.3, -0.25) is 9.80 Å². The fourth-order valence-electron chi connectivity index (χ4n) is 4.38. The molecule has 0 amide bonds. The van der Waals surface area contributed by atoms with E-state index in [9.17, 15) is 8.78 Å². The molecule has 27 heavy (non-hydrogen) atoms. The van der Waals surface area contributed by atoms with Crippen molar-refractivity contribution in [2.75, 3.05) is 32.8 Å². The molecule has 2 aliphatic heterocycles. The molecular weight excluding hydrogens is 346 g/mol. The first-order chi connectivity index (χ1) is 13.2. The van der Waals surface area contributed by atoms with E-state index in [1.54, 1.807) is 6.07 Å². The van der Waals surface area contributed by atoms with Crippen LogP contribution >= 0.6 is 0 Å². The maximum absolute atomic E-state index is 13.5. The van der Waals surface area contributed by atoms with Crippen LogP contribution < -0.4 is 0 Å². The second-order valence-corrected chi connectivity index (χ2v) is 7.63. The predicted octanol–water partition coefficient (Wildman–Crippen LogP) is 3.69. The molecule has 144 valence electrons. The molecule has 0 saturated carbocycles. The van der Waals surface area contributed by atoms with Crippen LogP contribution in [0.15, 0.2) is 48.5 Å². The topological polar surface area (TPSA) is 15.7 Å². The van der Waals surface area contributed by atoms with Crippen molar-refractivity contribution in [2.24, 2.45) is 5.92 Å². The Kier molecular flexibility index (Phi) is 5.81. The summed E-state index contributed by atoms with van der Waals surface area (Å²) >= 11 is 0. The van der Waals surface area contributed by atoms with Gasteiger partial charge < -0.3 is 4.74 Å². The molecule has 2 aromatic rings. The molecule has 2 aromatic carbocycles. The zero-order valence-corrected chi connectivity index (χ0v) is 15.5. The zero-order valence-electron chi connectivity index (χ0n) is 15.5. The van der Waals surface area contributed by atoms with Crippen LogP contribution in [-0.4, -0.2) is 48.7 Å². The number of nitrogens with zero attached hydrogens (tertiary/aromatic N) is 2. The van der Waals surface area contributed by atoms with Gasteiger partial charge in [-0.05, 0) is 36.2 Å². The third-order valence-corrected chi connectivity index (χ3v) is 5.72. The quantitative estimate of drug-likeness (QED) is 0.814. The van der Waals surface area contributed by atoms with E-state index in [0.717, 1.165) is 51.4 Å². The summed E-state index contributed by atoms with van der Waals surface area (Å²) in [6, 6.07) is 15.3. The van der Waals surface area contributed by atoms with Crippen LogP contribution in [0, 0.1) is 17.6 Å². The van der Waals surface area contributed by atoms with Crippen molar-refractivity contribution in [2.45, 2.75) is 25.6 Å². The molecule has 0 bridgehead atoms. The molecule has 5 heteroatoms. The van der Waals surface area contributed by atoms with Gasteiger partial charge in [-0.2, -0.15) is 0 Å². The molecule has 0 unspecified atom stereocenters. The Morgan fingerprint density at radius 2 is 1.78 bits per heavy atom. The summed E-state index contributed by atoms with van der Waals surface area (Å²) in [5.74, 6) is -1.12. The fourth-order valence-corrected chi connectivity index (χ4v) is 4.38. The Morgan fingerprint density at radius 1 is 0.926 bits per heavy atom. The van der Waals surface area contributed by atoms with Crippen molar-refractivity contribution in [1.82, 2.24) is 9.80 Å². The molecule has 2 fully saturated rings. The summed E-state index contributed by atoms with van der Waals surface area (Å²) in [6.45, 7) is 5.99. The standard InChI is InChI=1S/C22H26F2N2O/c23-20-7-6-18(12-21(20)24)13-25-9-8-22-19(15-25)16-27-11-10-26(22)14-17-4-2-1-3-5-17/h1-7,12,19,22H,8-11,13-16H2/t19-,22-/m1/s1. The summed E-state index contributed by atoms with van der Waals surface area (Å²) < 4.78 is 32.5. The van der Waals surface area contributed by atoms with Gasteiger partial charge in [0.2, 0.25) is 0 Å². The van der Waals surface area contributed by atoms with Crippen molar-refractivity contribution in [3.8, 4) is 0 Å². The lowest BCUT2D eigenvalue weighted by atomic mass is 9.91. The van der Waals surface area contributed by atoms with Crippen LogP contribution in [-0.2, 0) is 17.8 Å². The highest BCUT2D eigenvalue weighted by atomic mass is 19.2. The fraction of sp³-hybridized carbons (Fsp3) is 0.455. The van der Waals surface area contributed by atoms with Crippen LogP contribution in [0.4, 0.5) is 8.78 Å². The third-order valence-electron chi connectivity index (χ3n) is 5.72. The Bertz CT molecular complexity index is 755. The Labute approximate surface area is 159 Å². The lowest BCUT2D eigenvalue weighted by Crippen LogP contribution is -2.50. The Hall–Kier alpha value is -1.82. The van der Waals surface area contributed by atoms with Gasteiger partial charge in [-0.15, -0.1) is 0 Å². The largest absolute Gasteiger partial charge is 0.380 e. The van der Waals surface area contributed by atoms with E-state index >= 15 is 0 Å². The van der Waals surface area contributed by atoms with Crippen LogP contribution in [0.1, 0.15) is 17.5 Å². The van der Waals surface area contributed by atoms with Gasteiger partial charge in [0.15, 0.2) is 11.6 Å². The first kappa shape index (κ1) is 18.5. The number of halogens is 2. The van der Waals surface area contributed by atoms with E-state index in [-0.39, 0.29) is 0 Å². The van der Waals surface area contributed by atoms with Gasteiger partial charge >= 0.3 is 0 Å². The van der Waals surface area contributed by atoms with Crippen molar-refractivity contribution >= 4 is 0 Å².